The number of ether oxygens (including phenoxy) is 1. The molecule has 1 fully saturated rings. The van der Waals surface area contributed by atoms with E-state index in [1.165, 1.54) is 0 Å². The van der Waals surface area contributed by atoms with Gasteiger partial charge in [-0.2, -0.15) is 0 Å². The van der Waals surface area contributed by atoms with Gasteiger partial charge in [-0.05, 0) is 19.3 Å². The molecule has 2 atom stereocenters. The molecule has 1 aliphatic rings. The number of rotatable bonds is 3. The first kappa shape index (κ1) is 10.9. The van der Waals surface area contributed by atoms with Crippen LogP contribution in [0, 0.1) is 11.8 Å². The second kappa shape index (κ2) is 4.33. The molecule has 0 aromatic rings. The fourth-order valence-corrected chi connectivity index (χ4v) is 1.77. The van der Waals surface area contributed by atoms with Crippen LogP contribution in [0.1, 0.15) is 19.8 Å². The van der Waals surface area contributed by atoms with Crippen LogP contribution in [0.15, 0.2) is 0 Å². The predicted molar refractivity (Wildman–Crippen MR) is 44.7 cm³/mol. The number of alkyl halides is 2. The van der Waals surface area contributed by atoms with Crippen molar-refractivity contribution in [1.82, 2.24) is 0 Å². The van der Waals surface area contributed by atoms with Gasteiger partial charge in [-0.25, -0.2) is 8.78 Å². The summed E-state index contributed by atoms with van der Waals surface area (Å²) in [7, 11) is 0. The summed E-state index contributed by atoms with van der Waals surface area (Å²) in [6, 6.07) is 0. The SMILES string of the molecule is CC(F)(F)CC1CCOCC1CO. The minimum Gasteiger partial charge on any atom is -0.396 e. The molecule has 0 aromatic heterocycles. The van der Waals surface area contributed by atoms with E-state index in [2.05, 4.69) is 0 Å². The van der Waals surface area contributed by atoms with Crippen LogP contribution in [0.3, 0.4) is 0 Å². The zero-order chi connectivity index (χ0) is 9.90. The van der Waals surface area contributed by atoms with Crippen molar-refractivity contribution in [2.45, 2.75) is 25.7 Å². The monoisotopic (exact) mass is 194 g/mol. The van der Waals surface area contributed by atoms with Gasteiger partial charge in [0.25, 0.3) is 0 Å². The van der Waals surface area contributed by atoms with Crippen LogP contribution >= 0.6 is 0 Å². The second-order valence-electron chi connectivity index (χ2n) is 3.84. The molecule has 0 amide bonds. The standard InChI is InChI=1S/C9H16F2O2/c1-9(10,11)4-7-2-3-13-6-8(7)5-12/h7-8,12H,2-6H2,1H3. The molecule has 78 valence electrons. The van der Waals surface area contributed by atoms with Crippen LogP contribution in [0.25, 0.3) is 0 Å². The van der Waals surface area contributed by atoms with Crippen LogP contribution in [-0.2, 0) is 4.74 Å². The van der Waals surface area contributed by atoms with Crippen molar-refractivity contribution < 1.29 is 18.6 Å². The van der Waals surface area contributed by atoms with Gasteiger partial charge in [0.1, 0.15) is 0 Å². The fourth-order valence-electron chi connectivity index (χ4n) is 1.77. The summed E-state index contributed by atoms with van der Waals surface area (Å²) in [6.07, 6.45) is 0.496. The number of aliphatic hydroxyl groups is 1. The lowest BCUT2D eigenvalue weighted by molar-refractivity contribution is -0.0608. The highest BCUT2D eigenvalue weighted by atomic mass is 19.3. The Bertz CT molecular complexity index is 156. The van der Waals surface area contributed by atoms with Crippen molar-refractivity contribution >= 4 is 0 Å². The molecular weight excluding hydrogens is 178 g/mol. The Morgan fingerprint density at radius 2 is 2.15 bits per heavy atom. The Morgan fingerprint density at radius 3 is 2.69 bits per heavy atom. The van der Waals surface area contributed by atoms with Gasteiger partial charge in [-0.15, -0.1) is 0 Å². The molecule has 0 aliphatic carbocycles. The van der Waals surface area contributed by atoms with Gasteiger partial charge in [-0.3, -0.25) is 0 Å². The average molecular weight is 194 g/mol. The average Bonchev–Trinajstić information content (AvgIpc) is 2.02. The highest BCUT2D eigenvalue weighted by Gasteiger charge is 2.33. The van der Waals surface area contributed by atoms with Crippen LogP contribution in [-0.4, -0.2) is 30.8 Å². The molecule has 13 heavy (non-hydrogen) atoms. The molecule has 0 bridgehead atoms. The molecular formula is C9H16F2O2. The van der Waals surface area contributed by atoms with E-state index in [1.807, 2.05) is 0 Å². The maximum Gasteiger partial charge on any atom is 0.245 e. The molecule has 1 N–H and O–H groups in total. The van der Waals surface area contributed by atoms with E-state index in [9.17, 15) is 8.78 Å². The first-order valence-electron chi connectivity index (χ1n) is 4.59. The lowest BCUT2D eigenvalue weighted by atomic mass is 9.84. The summed E-state index contributed by atoms with van der Waals surface area (Å²) >= 11 is 0. The summed E-state index contributed by atoms with van der Waals surface area (Å²) in [6.45, 7) is 1.83. The molecule has 1 saturated heterocycles. The molecule has 0 spiro atoms. The number of hydrogen-bond donors (Lipinski definition) is 1. The third-order valence-corrected chi connectivity index (χ3v) is 2.49. The summed E-state index contributed by atoms with van der Waals surface area (Å²) < 4.78 is 30.5. The van der Waals surface area contributed by atoms with Gasteiger partial charge >= 0.3 is 0 Å². The van der Waals surface area contributed by atoms with E-state index in [0.717, 1.165) is 6.92 Å². The number of halogens is 2. The summed E-state index contributed by atoms with van der Waals surface area (Å²) in [5.41, 5.74) is 0. The quantitative estimate of drug-likeness (QED) is 0.740. The van der Waals surface area contributed by atoms with E-state index in [0.29, 0.717) is 19.6 Å². The zero-order valence-corrected chi connectivity index (χ0v) is 7.80. The van der Waals surface area contributed by atoms with E-state index in [4.69, 9.17) is 9.84 Å². The zero-order valence-electron chi connectivity index (χ0n) is 7.80. The molecule has 0 saturated carbocycles. The van der Waals surface area contributed by atoms with Gasteiger partial charge in [-0.1, -0.05) is 0 Å². The Kier molecular flexibility index (Phi) is 3.62. The van der Waals surface area contributed by atoms with Gasteiger partial charge in [0, 0.05) is 25.6 Å². The normalized spacial score (nSPS) is 30.5. The van der Waals surface area contributed by atoms with Crippen molar-refractivity contribution in [2.75, 3.05) is 19.8 Å². The maximum atomic E-state index is 12.7. The molecule has 2 unspecified atom stereocenters. The van der Waals surface area contributed by atoms with E-state index in [1.54, 1.807) is 0 Å². The first-order chi connectivity index (χ1) is 6.03. The van der Waals surface area contributed by atoms with Gasteiger partial charge in [0.05, 0.1) is 6.61 Å². The third-order valence-electron chi connectivity index (χ3n) is 2.49. The highest BCUT2D eigenvalue weighted by molar-refractivity contribution is 4.77. The topological polar surface area (TPSA) is 29.5 Å². The van der Waals surface area contributed by atoms with E-state index >= 15 is 0 Å². The fraction of sp³-hybridized carbons (Fsp3) is 1.00. The number of hydrogen-bond acceptors (Lipinski definition) is 2. The Hall–Kier alpha value is -0.220. The molecule has 1 rings (SSSR count). The first-order valence-corrected chi connectivity index (χ1v) is 4.59. The smallest absolute Gasteiger partial charge is 0.245 e. The van der Waals surface area contributed by atoms with Gasteiger partial charge in [0.15, 0.2) is 0 Å². The second-order valence-corrected chi connectivity index (χ2v) is 3.84. The molecule has 0 aromatic carbocycles. The Labute approximate surface area is 76.9 Å². The van der Waals surface area contributed by atoms with Crippen molar-refractivity contribution in [1.29, 1.82) is 0 Å². The van der Waals surface area contributed by atoms with Crippen molar-refractivity contribution in [3.05, 3.63) is 0 Å². The minimum atomic E-state index is -2.63. The summed E-state index contributed by atoms with van der Waals surface area (Å²) in [5.74, 6) is -2.84. The highest BCUT2D eigenvalue weighted by Crippen LogP contribution is 2.32. The van der Waals surface area contributed by atoms with Crippen molar-refractivity contribution in [3.63, 3.8) is 0 Å². The summed E-state index contributed by atoms with van der Waals surface area (Å²) in [5, 5.41) is 8.93. The van der Waals surface area contributed by atoms with Crippen LogP contribution in [0.2, 0.25) is 0 Å². The molecule has 0 radical (unpaired) electrons. The Morgan fingerprint density at radius 1 is 1.46 bits per heavy atom. The number of aliphatic hydroxyl groups excluding tert-OH is 1. The van der Waals surface area contributed by atoms with Crippen LogP contribution < -0.4 is 0 Å². The maximum absolute atomic E-state index is 12.7. The molecule has 1 aliphatic heterocycles. The van der Waals surface area contributed by atoms with Crippen molar-refractivity contribution in [2.24, 2.45) is 11.8 Å². The predicted octanol–water partition coefficient (Wildman–Crippen LogP) is 1.68. The van der Waals surface area contributed by atoms with E-state index in [-0.39, 0.29) is 24.9 Å². The summed E-state index contributed by atoms with van der Waals surface area (Å²) in [4.78, 5) is 0. The van der Waals surface area contributed by atoms with Crippen LogP contribution in [0.5, 0.6) is 0 Å². The largest absolute Gasteiger partial charge is 0.396 e. The third kappa shape index (κ3) is 3.56. The lowest BCUT2D eigenvalue weighted by Gasteiger charge is -2.31. The Balaban J connectivity index is 2.45. The molecule has 2 nitrogen and oxygen atoms in total. The van der Waals surface area contributed by atoms with Gasteiger partial charge in [0.2, 0.25) is 5.92 Å². The van der Waals surface area contributed by atoms with Crippen molar-refractivity contribution in [3.8, 4) is 0 Å². The molecule has 4 heteroatoms. The minimum absolute atomic E-state index is 0.0548. The van der Waals surface area contributed by atoms with Crippen LogP contribution in [0.4, 0.5) is 8.78 Å². The lowest BCUT2D eigenvalue weighted by Crippen LogP contribution is -2.33. The molecule has 1 heterocycles. The van der Waals surface area contributed by atoms with E-state index < -0.39 is 5.92 Å². The van der Waals surface area contributed by atoms with Gasteiger partial charge < -0.3 is 9.84 Å².